The van der Waals surface area contributed by atoms with Crippen molar-refractivity contribution in [3.05, 3.63) is 0 Å². The average Bonchev–Trinajstić information content (AvgIpc) is 2.97. The summed E-state index contributed by atoms with van der Waals surface area (Å²) in [6.45, 7) is 2.62. The van der Waals surface area contributed by atoms with Crippen LogP contribution in [0.2, 0.25) is 0 Å². The molecule has 1 saturated carbocycles. The van der Waals surface area contributed by atoms with Gasteiger partial charge < -0.3 is 9.64 Å². The van der Waals surface area contributed by atoms with Gasteiger partial charge in [-0.1, -0.05) is 29.3 Å². The van der Waals surface area contributed by atoms with Gasteiger partial charge >= 0.3 is 6.09 Å². The molecule has 1 rings (SSSR count). The molecule has 0 N–H and O–H groups in total. The second-order valence-electron chi connectivity index (χ2n) is 3.88. The first kappa shape index (κ1) is 11.8. The SMILES string of the molecule is CCCCOC(=O)N(C)C1(CBr)CC1. The van der Waals surface area contributed by atoms with E-state index in [9.17, 15) is 4.79 Å². The van der Waals surface area contributed by atoms with E-state index in [1.54, 1.807) is 4.90 Å². The van der Waals surface area contributed by atoms with Gasteiger partial charge in [0.2, 0.25) is 0 Å². The first-order valence-electron chi connectivity index (χ1n) is 5.13. The molecule has 14 heavy (non-hydrogen) atoms. The summed E-state index contributed by atoms with van der Waals surface area (Å²) in [6, 6.07) is 0. The number of unbranched alkanes of at least 4 members (excludes halogenated alkanes) is 1. The quantitative estimate of drug-likeness (QED) is 0.564. The number of amides is 1. The summed E-state index contributed by atoms with van der Waals surface area (Å²) in [4.78, 5) is 13.3. The number of alkyl halides is 1. The van der Waals surface area contributed by atoms with Gasteiger partial charge in [-0.05, 0) is 19.3 Å². The van der Waals surface area contributed by atoms with Gasteiger partial charge in [0.25, 0.3) is 0 Å². The number of nitrogens with zero attached hydrogens (tertiary/aromatic N) is 1. The molecular formula is C10H18BrNO2. The Hall–Kier alpha value is -0.250. The molecule has 0 aliphatic heterocycles. The number of rotatable bonds is 5. The van der Waals surface area contributed by atoms with Crippen LogP contribution in [-0.4, -0.2) is 35.5 Å². The van der Waals surface area contributed by atoms with Crippen LogP contribution < -0.4 is 0 Å². The highest BCUT2D eigenvalue weighted by Crippen LogP contribution is 2.42. The lowest BCUT2D eigenvalue weighted by Crippen LogP contribution is -2.40. The lowest BCUT2D eigenvalue weighted by molar-refractivity contribution is 0.0952. The second-order valence-corrected chi connectivity index (χ2v) is 4.45. The van der Waals surface area contributed by atoms with E-state index < -0.39 is 0 Å². The summed E-state index contributed by atoms with van der Waals surface area (Å²) in [5, 5.41) is 0.847. The molecular weight excluding hydrogens is 246 g/mol. The predicted octanol–water partition coefficient (Wildman–Crippen LogP) is 2.78. The summed E-state index contributed by atoms with van der Waals surface area (Å²) in [5.41, 5.74) is 0.0449. The molecule has 1 amide bonds. The van der Waals surface area contributed by atoms with Crippen LogP contribution >= 0.6 is 15.9 Å². The first-order valence-corrected chi connectivity index (χ1v) is 6.25. The van der Waals surface area contributed by atoms with E-state index in [1.807, 2.05) is 7.05 Å². The van der Waals surface area contributed by atoms with Crippen LogP contribution in [0.15, 0.2) is 0 Å². The minimum Gasteiger partial charge on any atom is -0.449 e. The zero-order chi connectivity index (χ0) is 10.6. The molecule has 0 aromatic carbocycles. The number of hydrogen-bond donors (Lipinski definition) is 0. The fourth-order valence-corrected chi connectivity index (χ4v) is 2.23. The highest BCUT2D eigenvalue weighted by Gasteiger charge is 2.48. The van der Waals surface area contributed by atoms with Gasteiger partial charge in [0.05, 0.1) is 12.1 Å². The minimum atomic E-state index is -0.185. The summed E-state index contributed by atoms with van der Waals surface area (Å²) in [5.74, 6) is 0. The van der Waals surface area contributed by atoms with Crippen molar-refractivity contribution in [3.63, 3.8) is 0 Å². The summed E-state index contributed by atoms with van der Waals surface area (Å²) in [7, 11) is 1.82. The van der Waals surface area contributed by atoms with Crippen LogP contribution in [0, 0.1) is 0 Å². The monoisotopic (exact) mass is 263 g/mol. The van der Waals surface area contributed by atoms with Crippen molar-refractivity contribution >= 4 is 22.0 Å². The Bertz CT molecular complexity index is 204. The number of carbonyl (C=O) groups excluding carboxylic acids is 1. The van der Waals surface area contributed by atoms with E-state index in [0.29, 0.717) is 6.61 Å². The zero-order valence-electron chi connectivity index (χ0n) is 8.88. The average molecular weight is 264 g/mol. The first-order chi connectivity index (χ1) is 6.66. The van der Waals surface area contributed by atoms with Gasteiger partial charge in [0, 0.05) is 12.4 Å². The van der Waals surface area contributed by atoms with E-state index in [0.717, 1.165) is 31.0 Å². The summed E-state index contributed by atoms with van der Waals surface area (Å²) < 4.78 is 5.14. The topological polar surface area (TPSA) is 29.5 Å². The molecule has 1 aliphatic carbocycles. The Labute approximate surface area is 93.9 Å². The lowest BCUT2D eigenvalue weighted by atomic mass is 10.3. The highest BCUT2D eigenvalue weighted by atomic mass is 79.9. The minimum absolute atomic E-state index is 0.0449. The predicted molar refractivity (Wildman–Crippen MR) is 59.8 cm³/mol. The molecule has 0 aromatic heterocycles. The molecule has 0 atom stereocenters. The Morgan fingerprint density at radius 1 is 1.57 bits per heavy atom. The second kappa shape index (κ2) is 5.01. The number of ether oxygens (including phenoxy) is 1. The van der Waals surface area contributed by atoms with Gasteiger partial charge in [-0.3, -0.25) is 0 Å². The zero-order valence-corrected chi connectivity index (χ0v) is 10.5. The lowest BCUT2D eigenvalue weighted by Gasteiger charge is -2.25. The fourth-order valence-electron chi connectivity index (χ4n) is 1.30. The molecule has 1 aliphatic rings. The maximum absolute atomic E-state index is 11.5. The number of carbonyl (C=O) groups is 1. The molecule has 4 heteroatoms. The van der Waals surface area contributed by atoms with Crippen molar-refractivity contribution in [2.24, 2.45) is 0 Å². The van der Waals surface area contributed by atoms with Crippen LogP contribution in [0.3, 0.4) is 0 Å². The van der Waals surface area contributed by atoms with Crippen LogP contribution in [-0.2, 0) is 4.74 Å². The fraction of sp³-hybridized carbons (Fsp3) is 0.900. The number of halogens is 1. The maximum atomic E-state index is 11.5. The van der Waals surface area contributed by atoms with Crippen molar-refractivity contribution < 1.29 is 9.53 Å². The highest BCUT2D eigenvalue weighted by molar-refractivity contribution is 9.09. The van der Waals surface area contributed by atoms with Crippen LogP contribution in [0.1, 0.15) is 32.6 Å². The molecule has 3 nitrogen and oxygen atoms in total. The van der Waals surface area contributed by atoms with E-state index >= 15 is 0 Å². The summed E-state index contributed by atoms with van der Waals surface area (Å²) in [6.07, 6.45) is 3.98. The van der Waals surface area contributed by atoms with E-state index in [2.05, 4.69) is 22.9 Å². The molecule has 0 spiro atoms. The van der Waals surface area contributed by atoms with Gasteiger partial charge in [-0.2, -0.15) is 0 Å². The van der Waals surface area contributed by atoms with Crippen LogP contribution in [0.4, 0.5) is 4.79 Å². The molecule has 0 heterocycles. The molecule has 0 saturated heterocycles. The third-order valence-corrected chi connectivity index (χ3v) is 3.83. The van der Waals surface area contributed by atoms with Gasteiger partial charge in [-0.15, -0.1) is 0 Å². The van der Waals surface area contributed by atoms with Crippen LogP contribution in [0.25, 0.3) is 0 Å². The van der Waals surface area contributed by atoms with Crippen molar-refractivity contribution in [3.8, 4) is 0 Å². The third-order valence-electron chi connectivity index (χ3n) is 2.78. The molecule has 0 bridgehead atoms. The molecule has 0 radical (unpaired) electrons. The van der Waals surface area contributed by atoms with Gasteiger partial charge in [-0.25, -0.2) is 4.79 Å². The van der Waals surface area contributed by atoms with E-state index in [4.69, 9.17) is 4.74 Å². The van der Waals surface area contributed by atoms with Crippen molar-refractivity contribution in [2.75, 3.05) is 19.0 Å². The van der Waals surface area contributed by atoms with Gasteiger partial charge in [0.1, 0.15) is 0 Å². The van der Waals surface area contributed by atoms with Crippen molar-refractivity contribution in [2.45, 2.75) is 38.1 Å². The van der Waals surface area contributed by atoms with Crippen molar-refractivity contribution in [1.29, 1.82) is 0 Å². The molecule has 0 unspecified atom stereocenters. The van der Waals surface area contributed by atoms with Crippen LogP contribution in [0.5, 0.6) is 0 Å². The van der Waals surface area contributed by atoms with Gasteiger partial charge in [0.15, 0.2) is 0 Å². The Morgan fingerprint density at radius 3 is 2.64 bits per heavy atom. The Kier molecular flexibility index (Phi) is 4.23. The molecule has 0 aromatic rings. The number of hydrogen-bond acceptors (Lipinski definition) is 2. The normalized spacial score (nSPS) is 17.6. The Morgan fingerprint density at radius 2 is 2.21 bits per heavy atom. The van der Waals surface area contributed by atoms with E-state index in [1.165, 1.54) is 0 Å². The largest absolute Gasteiger partial charge is 0.449 e. The third kappa shape index (κ3) is 2.62. The standard InChI is InChI=1S/C10H18BrNO2/c1-3-4-7-14-9(13)12(2)10(8-11)5-6-10/h3-8H2,1-2H3. The summed E-state index contributed by atoms with van der Waals surface area (Å²) >= 11 is 3.43. The van der Waals surface area contributed by atoms with E-state index in [-0.39, 0.29) is 11.6 Å². The Balaban J connectivity index is 2.30. The van der Waals surface area contributed by atoms with Crippen molar-refractivity contribution in [1.82, 2.24) is 4.90 Å². The smallest absolute Gasteiger partial charge is 0.409 e. The molecule has 82 valence electrons. The molecule has 1 fully saturated rings. The maximum Gasteiger partial charge on any atom is 0.409 e.